The van der Waals surface area contributed by atoms with E-state index >= 15 is 0 Å². The van der Waals surface area contributed by atoms with E-state index in [4.69, 9.17) is 11.6 Å². The van der Waals surface area contributed by atoms with Crippen molar-refractivity contribution in [2.24, 2.45) is 0 Å². The Hall–Kier alpha value is -2.83. The molecule has 0 saturated heterocycles. The fraction of sp³-hybridized carbons (Fsp3) is 0. The van der Waals surface area contributed by atoms with Crippen molar-refractivity contribution < 1.29 is 8.42 Å². The normalized spacial score (nSPS) is 11.6. The van der Waals surface area contributed by atoms with E-state index < -0.39 is 10.0 Å². The van der Waals surface area contributed by atoms with Crippen molar-refractivity contribution in [3.63, 3.8) is 0 Å². The molecular weight excluding hydrogens is 370 g/mol. The van der Waals surface area contributed by atoms with Crippen LogP contribution in [0.15, 0.2) is 77.7 Å². The van der Waals surface area contributed by atoms with E-state index in [0.717, 1.165) is 11.0 Å². The van der Waals surface area contributed by atoms with Crippen LogP contribution in [-0.2, 0) is 10.0 Å². The van der Waals surface area contributed by atoms with Crippen molar-refractivity contribution in [1.29, 1.82) is 0 Å². The van der Waals surface area contributed by atoms with Crippen LogP contribution >= 0.6 is 11.6 Å². The second kappa shape index (κ2) is 6.48. The highest BCUT2D eigenvalue weighted by Gasteiger charge is 2.17. The van der Waals surface area contributed by atoms with Crippen LogP contribution in [0.2, 0.25) is 5.02 Å². The van der Waals surface area contributed by atoms with Crippen molar-refractivity contribution in [3.05, 3.63) is 77.8 Å². The highest BCUT2D eigenvalue weighted by atomic mass is 35.5. The number of hydrogen-bond donors (Lipinski definition) is 2. The molecule has 1 aromatic heterocycles. The number of fused-ring (bicyclic) bond motifs is 1. The molecule has 0 bridgehead atoms. The second-order valence-electron chi connectivity index (χ2n) is 5.71. The van der Waals surface area contributed by atoms with Gasteiger partial charge in [-0.25, -0.2) is 13.4 Å². The zero-order chi connectivity index (χ0) is 18.1. The van der Waals surface area contributed by atoms with Gasteiger partial charge >= 0.3 is 0 Å². The summed E-state index contributed by atoms with van der Waals surface area (Å²) in [6.07, 6.45) is 0. The van der Waals surface area contributed by atoms with Crippen LogP contribution in [0.1, 0.15) is 0 Å². The summed E-state index contributed by atoms with van der Waals surface area (Å²) in [5.41, 5.74) is 2.82. The van der Waals surface area contributed by atoms with E-state index in [1.165, 1.54) is 12.1 Å². The van der Waals surface area contributed by atoms with E-state index in [9.17, 15) is 8.42 Å². The Morgan fingerprint density at radius 2 is 1.58 bits per heavy atom. The number of benzene rings is 3. The quantitative estimate of drug-likeness (QED) is 0.537. The lowest BCUT2D eigenvalue weighted by molar-refractivity contribution is 0.601. The number of anilines is 1. The summed E-state index contributed by atoms with van der Waals surface area (Å²) in [4.78, 5) is 7.91. The van der Waals surface area contributed by atoms with E-state index in [-0.39, 0.29) is 4.90 Å². The molecule has 0 saturated carbocycles. The molecule has 5 nitrogen and oxygen atoms in total. The first-order chi connectivity index (χ1) is 12.5. The Morgan fingerprint density at radius 3 is 2.35 bits per heavy atom. The molecule has 130 valence electrons. The summed E-state index contributed by atoms with van der Waals surface area (Å²) in [5.74, 6) is 0.598. The first-order valence-electron chi connectivity index (χ1n) is 7.85. The number of aromatic amines is 1. The van der Waals surface area contributed by atoms with Crippen LogP contribution < -0.4 is 4.72 Å². The minimum Gasteiger partial charge on any atom is -0.338 e. The third-order valence-electron chi connectivity index (χ3n) is 3.94. The summed E-state index contributed by atoms with van der Waals surface area (Å²) in [6.45, 7) is 0. The lowest BCUT2D eigenvalue weighted by atomic mass is 10.2. The Kier molecular flexibility index (Phi) is 4.14. The monoisotopic (exact) mass is 383 g/mol. The summed E-state index contributed by atoms with van der Waals surface area (Å²) in [5, 5.41) is 0.478. The van der Waals surface area contributed by atoms with Crippen molar-refractivity contribution in [1.82, 2.24) is 9.97 Å². The summed E-state index contributed by atoms with van der Waals surface area (Å²) < 4.78 is 28.0. The number of rotatable bonds is 4. The maximum Gasteiger partial charge on any atom is 0.261 e. The van der Waals surface area contributed by atoms with Gasteiger partial charge in [-0.05, 0) is 48.5 Å². The van der Waals surface area contributed by atoms with Crippen molar-refractivity contribution in [2.75, 3.05) is 4.72 Å². The Bertz CT molecular complexity index is 1150. The number of nitrogens with one attached hydrogen (secondary N) is 2. The van der Waals surface area contributed by atoms with E-state index in [1.54, 1.807) is 24.3 Å². The molecule has 26 heavy (non-hydrogen) atoms. The van der Waals surface area contributed by atoms with Gasteiger partial charge in [-0.15, -0.1) is 0 Å². The fourth-order valence-corrected chi connectivity index (χ4v) is 3.88. The number of para-hydroxylation sites is 3. The molecule has 0 aliphatic carbocycles. The van der Waals surface area contributed by atoms with Crippen molar-refractivity contribution >= 4 is 38.3 Å². The fourth-order valence-electron chi connectivity index (χ4n) is 2.68. The van der Waals surface area contributed by atoms with Crippen LogP contribution in [0.5, 0.6) is 0 Å². The number of halogens is 1. The van der Waals surface area contributed by atoms with Crippen LogP contribution in [-0.4, -0.2) is 18.4 Å². The number of H-pyrrole nitrogens is 1. The number of aromatic nitrogens is 2. The van der Waals surface area contributed by atoms with Gasteiger partial charge in [0.05, 0.1) is 21.6 Å². The third kappa shape index (κ3) is 3.16. The van der Waals surface area contributed by atoms with Crippen molar-refractivity contribution in [3.8, 4) is 11.4 Å². The first-order valence-corrected chi connectivity index (χ1v) is 9.71. The highest BCUT2D eigenvalue weighted by Crippen LogP contribution is 2.29. The molecule has 0 aliphatic rings. The van der Waals surface area contributed by atoms with Gasteiger partial charge in [-0.3, -0.25) is 4.72 Å². The largest absolute Gasteiger partial charge is 0.338 e. The molecule has 4 rings (SSSR count). The van der Waals surface area contributed by atoms with Crippen molar-refractivity contribution in [2.45, 2.75) is 4.90 Å². The summed E-state index contributed by atoms with van der Waals surface area (Å²) in [7, 11) is -3.74. The molecule has 0 spiro atoms. The average Bonchev–Trinajstić information content (AvgIpc) is 3.06. The van der Waals surface area contributed by atoms with E-state index in [2.05, 4.69) is 14.7 Å². The van der Waals surface area contributed by atoms with Crippen LogP contribution in [0, 0.1) is 0 Å². The second-order valence-corrected chi connectivity index (χ2v) is 7.83. The lowest BCUT2D eigenvalue weighted by Gasteiger charge is -2.11. The Labute approximate surface area is 155 Å². The number of imidazole rings is 1. The number of nitrogens with zero attached hydrogens (tertiary/aromatic N) is 1. The molecule has 1 heterocycles. The Balaban J connectivity index is 1.75. The lowest BCUT2D eigenvalue weighted by Crippen LogP contribution is -2.13. The van der Waals surface area contributed by atoms with Gasteiger partial charge in [0.1, 0.15) is 5.82 Å². The van der Waals surface area contributed by atoms with Gasteiger partial charge < -0.3 is 4.98 Å². The minimum absolute atomic E-state index is 0.140. The zero-order valence-corrected chi connectivity index (χ0v) is 15.1. The van der Waals surface area contributed by atoms with Gasteiger partial charge in [0.25, 0.3) is 10.0 Å². The molecule has 0 amide bonds. The molecular formula is C19H14ClN3O2S. The summed E-state index contributed by atoms with van der Waals surface area (Å²) >= 11 is 5.84. The average molecular weight is 384 g/mol. The van der Waals surface area contributed by atoms with Gasteiger partial charge in [0.2, 0.25) is 0 Å². The Morgan fingerprint density at radius 1 is 0.885 bits per heavy atom. The number of sulfonamides is 1. The molecule has 0 aliphatic heterocycles. The smallest absolute Gasteiger partial charge is 0.261 e. The topological polar surface area (TPSA) is 74.8 Å². The zero-order valence-electron chi connectivity index (χ0n) is 13.5. The molecule has 0 fully saturated rings. The molecule has 0 atom stereocenters. The standard InChI is InChI=1S/C19H14ClN3O2S/c20-13-9-11-14(12-10-13)26(24,25)23-16-6-2-1-5-15(16)19-21-17-7-3-4-8-18(17)22-19/h1-12,23H,(H,21,22). The van der Waals surface area contributed by atoms with Crippen LogP contribution in [0.4, 0.5) is 5.69 Å². The SMILES string of the molecule is O=S(=O)(Nc1ccccc1-c1nc2ccccc2[nH]1)c1ccc(Cl)cc1. The maximum absolute atomic E-state index is 12.7. The van der Waals surface area contributed by atoms with Gasteiger partial charge in [0, 0.05) is 10.6 Å². The molecule has 0 radical (unpaired) electrons. The van der Waals surface area contributed by atoms with Crippen LogP contribution in [0.3, 0.4) is 0 Å². The minimum atomic E-state index is -3.74. The van der Waals surface area contributed by atoms with Gasteiger partial charge in [0.15, 0.2) is 0 Å². The van der Waals surface area contributed by atoms with E-state index in [1.807, 2.05) is 36.4 Å². The predicted octanol–water partition coefficient (Wildman–Crippen LogP) is 4.68. The molecule has 0 unspecified atom stereocenters. The van der Waals surface area contributed by atoms with E-state index in [0.29, 0.717) is 22.1 Å². The third-order valence-corrected chi connectivity index (χ3v) is 5.57. The maximum atomic E-state index is 12.7. The molecule has 3 aromatic carbocycles. The summed E-state index contributed by atoms with van der Waals surface area (Å²) in [6, 6.07) is 20.8. The molecule has 2 N–H and O–H groups in total. The van der Waals surface area contributed by atoms with Crippen LogP contribution in [0.25, 0.3) is 22.4 Å². The number of hydrogen-bond acceptors (Lipinski definition) is 3. The molecule has 4 aromatic rings. The first kappa shape index (κ1) is 16.6. The molecule has 7 heteroatoms. The predicted molar refractivity (Wildman–Crippen MR) is 104 cm³/mol. The van der Waals surface area contributed by atoms with Gasteiger partial charge in [-0.2, -0.15) is 0 Å². The highest BCUT2D eigenvalue weighted by molar-refractivity contribution is 7.92. The van der Waals surface area contributed by atoms with Gasteiger partial charge in [-0.1, -0.05) is 35.9 Å².